The number of halogens is 3. The van der Waals surface area contributed by atoms with Gasteiger partial charge in [-0.25, -0.2) is 0 Å². The van der Waals surface area contributed by atoms with Crippen LogP contribution in [-0.4, -0.2) is 19.0 Å². The Kier molecular flexibility index (Phi) is 4.56. The summed E-state index contributed by atoms with van der Waals surface area (Å²) in [5.74, 6) is 1.20. The molecule has 21 heavy (non-hydrogen) atoms. The molecule has 0 fully saturated rings. The van der Waals surface area contributed by atoms with Gasteiger partial charge in [-0.2, -0.15) is 0 Å². The van der Waals surface area contributed by atoms with Gasteiger partial charge in [-0.1, -0.05) is 15.9 Å². The molecule has 0 radical (unpaired) electrons. The molecule has 1 heterocycles. The first kappa shape index (κ1) is 15.3. The lowest BCUT2D eigenvalue weighted by molar-refractivity contribution is 0.103. The van der Waals surface area contributed by atoms with Gasteiger partial charge in [-0.05, 0) is 68.9 Å². The lowest BCUT2D eigenvalue weighted by Crippen LogP contribution is -2.16. The molecule has 0 amide bonds. The van der Waals surface area contributed by atoms with E-state index in [1.165, 1.54) is 0 Å². The summed E-state index contributed by atoms with van der Waals surface area (Å²) in [6.45, 7) is 1.02. The average Bonchev–Trinajstić information content (AvgIpc) is 2.48. The van der Waals surface area contributed by atoms with Crippen molar-refractivity contribution in [2.45, 2.75) is 0 Å². The van der Waals surface area contributed by atoms with Crippen molar-refractivity contribution in [3.8, 4) is 11.5 Å². The molecule has 2 aromatic carbocycles. The summed E-state index contributed by atoms with van der Waals surface area (Å²) in [4.78, 5) is 12.8. The summed E-state index contributed by atoms with van der Waals surface area (Å²) in [6, 6.07) is 9.19. The summed E-state index contributed by atoms with van der Waals surface area (Å²) >= 11 is 9.06. The van der Waals surface area contributed by atoms with Gasteiger partial charge in [0.2, 0.25) is 0 Å². The molecule has 0 saturated carbocycles. The Morgan fingerprint density at radius 1 is 0.952 bits per heavy atom. The van der Waals surface area contributed by atoms with Crippen LogP contribution in [-0.2, 0) is 0 Å². The van der Waals surface area contributed by atoms with Crippen LogP contribution in [0.3, 0.4) is 0 Å². The van der Waals surface area contributed by atoms with Crippen LogP contribution in [0.25, 0.3) is 0 Å². The number of benzene rings is 2. The molecule has 0 aromatic heterocycles. The molecule has 0 atom stereocenters. The number of carbonyl (C=O) groups is 1. The van der Waals surface area contributed by atoms with Crippen LogP contribution < -0.4 is 9.47 Å². The zero-order chi connectivity index (χ0) is 15.0. The molecule has 3 nitrogen and oxygen atoms in total. The van der Waals surface area contributed by atoms with E-state index < -0.39 is 0 Å². The van der Waals surface area contributed by atoms with E-state index in [4.69, 9.17) is 9.47 Å². The van der Waals surface area contributed by atoms with Crippen LogP contribution in [0.1, 0.15) is 15.9 Å². The molecule has 0 spiro atoms. The Labute approximate surface area is 152 Å². The number of carbonyl (C=O) groups excluding carboxylic acids is 1. The van der Waals surface area contributed by atoms with E-state index in [1.807, 2.05) is 18.2 Å². The Hall–Kier alpha value is -0.600. The maximum atomic E-state index is 12.8. The maximum Gasteiger partial charge on any atom is 0.195 e. The van der Waals surface area contributed by atoms with Gasteiger partial charge in [-0.3, -0.25) is 4.79 Å². The summed E-state index contributed by atoms with van der Waals surface area (Å²) in [5, 5.41) is 0. The van der Waals surface area contributed by atoms with E-state index in [1.54, 1.807) is 12.1 Å². The van der Waals surface area contributed by atoms with Crippen molar-refractivity contribution in [3.05, 3.63) is 54.0 Å². The Morgan fingerprint density at radius 2 is 1.57 bits per heavy atom. The molecule has 6 heteroatoms. The van der Waals surface area contributed by atoms with Crippen molar-refractivity contribution in [2.75, 3.05) is 13.2 Å². The molecule has 0 saturated heterocycles. The zero-order valence-electron chi connectivity index (χ0n) is 10.7. The van der Waals surface area contributed by atoms with Gasteiger partial charge < -0.3 is 9.47 Å². The third-order valence-corrected chi connectivity index (χ3v) is 5.07. The second-order valence-corrected chi connectivity index (χ2v) is 7.38. The minimum Gasteiger partial charge on any atom is -0.486 e. The van der Waals surface area contributed by atoms with Gasteiger partial charge in [0.05, 0.1) is 0 Å². The van der Waals surface area contributed by atoms with E-state index >= 15 is 0 Å². The van der Waals surface area contributed by atoms with E-state index in [-0.39, 0.29) is 5.78 Å². The highest BCUT2D eigenvalue weighted by molar-refractivity contribution is 14.1. The Morgan fingerprint density at radius 3 is 2.29 bits per heavy atom. The van der Waals surface area contributed by atoms with E-state index in [0.717, 1.165) is 8.04 Å². The minimum absolute atomic E-state index is 0.0655. The van der Waals surface area contributed by atoms with E-state index in [9.17, 15) is 4.79 Å². The third-order valence-electron chi connectivity index (χ3n) is 3.05. The van der Waals surface area contributed by atoms with Crippen molar-refractivity contribution < 1.29 is 14.3 Å². The molecule has 1 aliphatic heterocycles. The lowest BCUT2D eigenvalue weighted by Gasteiger charge is -2.19. The van der Waals surface area contributed by atoms with Gasteiger partial charge >= 0.3 is 0 Å². The van der Waals surface area contributed by atoms with Gasteiger partial charge in [0.15, 0.2) is 17.3 Å². The predicted octanol–water partition coefficient (Wildman–Crippen LogP) is 4.82. The molecule has 0 aliphatic carbocycles. The van der Waals surface area contributed by atoms with Gasteiger partial charge in [-0.15, -0.1) is 0 Å². The largest absolute Gasteiger partial charge is 0.486 e. The fraction of sp³-hybridized carbons (Fsp3) is 0.133. The second kappa shape index (κ2) is 6.26. The van der Waals surface area contributed by atoms with Crippen molar-refractivity contribution in [2.24, 2.45) is 0 Å². The smallest absolute Gasteiger partial charge is 0.195 e. The zero-order valence-corrected chi connectivity index (χ0v) is 16.0. The SMILES string of the molecule is O=C(c1cc(I)ccc1Br)c1cc2c(cc1Br)OCCO2. The molecular formula is C15H9Br2IO3. The third kappa shape index (κ3) is 3.12. The van der Waals surface area contributed by atoms with Gasteiger partial charge in [0.25, 0.3) is 0 Å². The molecule has 0 bridgehead atoms. The lowest BCUT2D eigenvalue weighted by atomic mass is 10.0. The highest BCUT2D eigenvalue weighted by Crippen LogP contribution is 2.37. The number of rotatable bonds is 2. The quantitative estimate of drug-likeness (QED) is 0.418. The van der Waals surface area contributed by atoms with Crippen LogP contribution in [0, 0.1) is 3.57 Å². The van der Waals surface area contributed by atoms with E-state index in [2.05, 4.69) is 54.5 Å². The minimum atomic E-state index is -0.0655. The topological polar surface area (TPSA) is 35.5 Å². The van der Waals surface area contributed by atoms with Crippen LogP contribution in [0.5, 0.6) is 11.5 Å². The normalized spacial score (nSPS) is 13.1. The monoisotopic (exact) mass is 522 g/mol. The molecule has 0 N–H and O–H groups in total. The summed E-state index contributed by atoms with van der Waals surface area (Å²) < 4.78 is 13.5. The van der Waals surface area contributed by atoms with Gasteiger partial charge in [0.1, 0.15) is 13.2 Å². The highest BCUT2D eigenvalue weighted by atomic mass is 127. The first-order valence-electron chi connectivity index (χ1n) is 6.15. The first-order valence-corrected chi connectivity index (χ1v) is 8.81. The standard InChI is InChI=1S/C15H9Br2IO3/c16-11-2-1-8(18)5-9(11)15(19)10-6-13-14(7-12(10)17)21-4-3-20-13/h1-2,5-7H,3-4H2. The van der Waals surface area contributed by atoms with Crippen molar-refractivity contribution in [3.63, 3.8) is 0 Å². The van der Waals surface area contributed by atoms with Gasteiger partial charge in [0, 0.05) is 23.6 Å². The maximum absolute atomic E-state index is 12.8. The fourth-order valence-corrected chi connectivity index (χ4v) is 3.47. The molecule has 0 unspecified atom stereocenters. The van der Waals surface area contributed by atoms with Crippen LogP contribution in [0.15, 0.2) is 39.3 Å². The van der Waals surface area contributed by atoms with Crippen LogP contribution in [0.2, 0.25) is 0 Å². The molecule has 108 valence electrons. The summed E-state index contributed by atoms with van der Waals surface area (Å²) in [6.07, 6.45) is 0. The molecule has 3 rings (SSSR count). The average molecular weight is 524 g/mol. The summed E-state index contributed by atoms with van der Waals surface area (Å²) in [7, 11) is 0. The van der Waals surface area contributed by atoms with Crippen molar-refractivity contribution >= 4 is 60.2 Å². The number of fused-ring (bicyclic) bond motifs is 1. The van der Waals surface area contributed by atoms with Crippen molar-refractivity contribution in [1.82, 2.24) is 0 Å². The van der Waals surface area contributed by atoms with Crippen molar-refractivity contribution in [1.29, 1.82) is 0 Å². The Bertz CT molecular complexity index is 731. The number of ether oxygens (including phenoxy) is 2. The number of hydrogen-bond donors (Lipinski definition) is 0. The Balaban J connectivity index is 2.07. The predicted molar refractivity (Wildman–Crippen MR) is 95.4 cm³/mol. The second-order valence-electron chi connectivity index (χ2n) is 4.43. The fourth-order valence-electron chi connectivity index (χ4n) is 2.05. The highest BCUT2D eigenvalue weighted by Gasteiger charge is 2.21. The van der Waals surface area contributed by atoms with Crippen LogP contribution in [0.4, 0.5) is 0 Å². The molecular weight excluding hydrogens is 515 g/mol. The first-order chi connectivity index (χ1) is 10.1. The summed E-state index contributed by atoms with van der Waals surface area (Å²) in [5.41, 5.74) is 1.18. The number of hydrogen-bond acceptors (Lipinski definition) is 3. The number of ketones is 1. The van der Waals surface area contributed by atoms with Crippen LogP contribution >= 0.6 is 54.5 Å². The molecule has 2 aromatic rings. The molecule has 1 aliphatic rings. The van der Waals surface area contributed by atoms with E-state index in [0.29, 0.717) is 40.3 Å².